The van der Waals surface area contributed by atoms with Gasteiger partial charge >= 0.3 is 5.90 Å². The molecule has 30 heavy (non-hydrogen) atoms. The van der Waals surface area contributed by atoms with E-state index in [0.29, 0.717) is 12.5 Å². The Kier molecular flexibility index (Phi) is 7.83. The molecule has 0 aliphatic carbocycles. The van der Waals surface area contributed by atoms with Crippen LogP contribution in [0, 0.1) is 0 Å². The Morgan fingerprint density at radius 1 is 0.967 bits per heavy atom. The van der Waals surface area contributed by atoms with E-state index in [-0.39, 0.29) is 35.6 Å². The molecule has 2 aromatic carbocycles. The largest absolute Gasteiger partial charge is 1.00 e. The van der Waals surface area contributed by atoms with Crippen LogP contribution in [0.4, 0.5) is 0 Å². The van der Waals surface area contributed by atoms with E-state index >= 15 is 0 Å². The highest BCUT2D eigenvalue weighted by Gasteiger charge is 2.40. The molecule has 1 heterocycles. The Morgan fingerprint density at radius 2 is 1.67 bits per heavy atom. The number of likely N-dealkylation sites (N-methyl/N-ethyl adjacent to an activating group) is 1. The van der Waals surface area contributed by atoms with Crippen LogP contribution in [-0.2, 0) is 4.74 Å². The first-order chi connectivity index (χ1) is 13.6. The van der Waals surface area contributed by atoms with Gasteiger partial charge in [0.15, 0.2) is 12.1 Å². The Balaban J connectivity index is 0.00000320. The number of hydrogen-bond acceptors (Lipinski definition) is 3. The van der Waals surface area contributed by atoms with E-state index in [1.807, 2.05) is 19.9 Å². The SMILES string of the molecule is COc1cc(C(C)C)ccc1-c1cc(C2=[N+](C)C(C)(C)CO2)ccc1OC(C)C.[I-]. The Morgan fingerprint density at radius 3 is 2.20 bits per heavy atom. The van der Waals surface area contributed by atoms with E-state index in [2.05, 4.69) is 69.6 Å². The van der Waals surface area contributed by atoms with Gasteiger partial charge in [-0.2, -0.15) is 4.58 Å². The molecule has 0 saturated carbocycles. The summed E-state index contributed by atoms with van der Waals surface area (Å²) in [4.78, 5) is 0. The summed E-state index contributed by atoms with van der Waals surface area (Å²) in [6.45, 7) is 13.5. The molecule has 0 atom stereocenters. The van der Waals surface area contributed by atoms with Crippen LogP contribution in [0.25, 0.3) is 11.1 Å². The summed E-state index contributed by atoms with van der Waals surface area (Å²) in [5.74, 6) is 3.03. The highest BCUT2D eigenvalue weighted by atomic mass is 127. The van der Waals surface area contributed by atoms with Crippen molar-refractivity contribution in [1.29, 1.82) is 0 Å². The molecule has 3 rings (SSSR count). The predicted octanol–water partition coefficient (Wildman–Crippen LogP) is 2.47. The first kappa shape index (κ1) is 24.5. The normalized spacial score (nSPS) is 15.3. The maximum Gasteiger partial charge on any atom is 0.370 e. The van der Waals surface area contributed by atoms with E-state index < -0.39 is 0 Å². The van der Waals surface area contributed by atoms with E-state index in [1.165, 1.54) is 5.56 Å². The van der Waals surface area contributed by atoms with Crippen molar-refractivity contribution in [3.63, 3.8) is 0 Å². The van der Waals surface area contributed by atoms with E-state index in [9.17, 15) is 0 Å². The van der Waals surface area contributed by atoms with Gasteiger partial charge in [0.1, 0.15) is 18.5 Å². The molecular formula is C25H34INO3. The van der Waals surface area contributed by atoms with Crippen LogP contribution in [0.5, 0.6) is 11.5 Å². The van der Waals surface area contributed by atoms with Gasteiger partial charge in [0.25, 0.3) is 0 Å². The third-order valence-corrected chi connectivity index (χ3v) is 5.55. The van der Waals surface area contributed by atoms with Crippen LogP contribution < -0.4 is 33.5 Å². The van der Waals surface area contributed by atoms with Gasteiger partial charge in [0.05, 0.1) is 18.8 Å². The van der Waals surface area contributed by atoms with E-state index in [1.54, 1.807) is 7.11 Å². The lowest BCUT2D eigenvalue weighted by Gasteiger charge is -2.18. The summed E-state index contributed by atoms with van der Waals surface area (Å²) in [6, 6.07) is 12.7. The van der Waals surface area contributed by atoms with Gasteiger partial charge in [-0.05, 0) is 49.6 Å². The fourth-order valence-electron chi connectivity index (χ4n) is 3.51. The number of methoxy groups -OCH3 is 1. The maximum absolute atomic E-state index is 6.14. The summed E-state index contributed by atoms with van der Waals surface area (Å²) in [7, 11) is 3.81. The summed E-state index contributed by atoms with van der Waals surface area (Å²) >= 11 is 0. The molecule has 1 aliphatic heterocycles. The maximum atomic E-state index is 6.14. The predicted molar refractivity (Wildman–Crippen MR) is 119 cm³/mol. The minimum Gasteiger partial charge on any atom is -1.00 e. The molecule has 4 nitrogen and oxygen atoms in total. The van der Waals surface area contributed by atoms with Crippen molar-refractivity contribution in [2.45, 2.75) is 59.1 Å². The molecule has 0 unspecified atom stereocenters. The number of halogens is 1. The van der Waals surface area contributed by atoms with Gasteiger partial charge in [-0.25, -0.2) is 0 Å². The topological polar surface area (TPSA) is 30.7 Å². The Labute approximate surface area is 198 Å². The second kappa shape index (κ2) is 9.58. The average Bonchev–Trinajstić information content (AvgIpc) is 2.94. The second-order valence-electron chi connectivity index (χ2n) is 8.96. The van der Waals surface area contributed by atoms with Gasteiger partial charge in [0.2, 0.25) is 0 Å². The molecule has 5 heteroatoms. The highest BCUT2D eigenvalue weighted by Crippen LogP contribution is 2.39. The minimum atomic E-state index is -0.0286. The molecular weight excluding hydrogens is 489 g/mol. The number of benzene rings is 2. The summed E-state index contributed by atoms with van der Waals surface area (Å²) in [5.41, 5.74) is 4.30. The van der Waals surface area contributed by atoms with Crippen LogP contribution in [0.15, 0.2) is 36.4 Å². The molecule has 1 aliphatic rings. The second-order valence-corrected chi connectivity index (χ2v) is 8.96. The van der Waals surface area contributed by atoms with Crippen molar-refractivity contribution in [2.24, 2.45) is 0 Å². The van der Waals surface area contributed by atoms with Gasteiger partial charge < -0.3 is 38.2 Å². The summed E-state index contributed by atoms with van der Waals surface area (Å²) < 4.78 is 20.2. The number of rotatable bonds is 6. The van der Waals surface area contributed by atoms with Gasteiger partial charge in [0, 0.05) is 25.0 Å². The van der Waals surface area contributed by atoms with Crippen LogP contribution in [0.3, 0.4) is 0 Å². The zero-order valence-corrected chi connectivity index (χ0v) is 21.5. The van der Waals surface area contributed by atoms with Crippen molar-refractivity contribution in [3.8, 4) is 22.6 Å². The number of hydrogen-bond donors (Lipinski definition) is 0. The van der Waals surface area contributed by atoms with Crippen molar-refractivity contribution < 1.29 is 42.8 Å². The Bertz CT molecular complexity index is 932. The molecule has 0 aromatic heterocycles. The van der Waals surface area contributed by atoms with E-state index in [0.717, 1.165) is 34.1 Å². The third-order valence-electron chi connectivity index (χ3n) is 5.55. The minimum absolute atomic E-state index is 0. The van der Waals surface area contributed by atoms with Crippen molar-refractivity contribution >= 4 is 5.90 Å². The molecule has 0 amide bonds. The molecule has 164 valence electrons. The lowest BCUT2D eigenvalue weighted by Crippen LogP contribution is -3.00. The van der Waals surface area contributed by atoms with Crippen LogP contribution in [-0.4, -0.2) is 42.9 Å². The summed E-state index contributed by atoms with van der Waals surface area (Å²) in [6.07, 6.45) is 0.0810. The lowest BCUT2D eigenvalue weighted by atomic mass is 9.96. The lowest BCUT2D eigenvalue weighted by molar-refractivity contribution is -0.562. The average molecular weight is 523 g/mol. The van der Waals surface area contributed by atoms with Gasteiger partial charge in [-0.1, -0.05) is 26.0 Å². The van der Waals surface area contributed by atoms with Crippen LogP contribution >= 0.6 is 0 Å². The van der Waals surface area contributed by atoms with Crippen molar-refractivity contribution in [2.75, 3.05) is 20.8 Å². The quantitative estimate of drug-likeness (QED) is 0.431. The molecule has 0 fully saturated rings. The van der Waals surface area contributed by atoms with Crippen LogP contribution in [0.2, 0.25) is 0 Å². The highest BCUT2D eigenvalue weighted by molar-refractivity contribution is 5.94. The van der Waals surface area contributed by atoms with Crippen molar-refractivity contribution in [3.05, 3.63) is 47.5 Å². The fourth-order valence-corrected chi connectivity index (χ4v) is 3.51. The number of ether oxygens (including phenoxy) is 3. The summed E-state index contributed by atoms with van der Waals surface area (Å²) in [5, 5.41) is 0. The molecule has 0 spiro atoms. The standard InChI is InChI=1S/C25H34NO3.HI/c1-16(2)18-9-11-20(23(14-18)27-8)21-13-19(10-12-22(21)29-17(3)4)24-26(7)25(5,6)15-28-24;/h9-14,16-17H,15H2,1-8H3;1H/q+1;/p-1. The molecule has 0 bridgehead atoms. The molecule has 0 N–H and O–H groups in total. The first-order valence-corrected chi connectivity index (χ1v) is 10.4. The van der Waals surface area contributed by atoms with Gasteiger partial charge in [-0.3, -0.25) is 0 Å². The van der Waals surface area contributed by atoms with Gasteiger partial charge in [-0.15, -0.1) is 0 Å². The smallest absolute Gasteiger partial charge is 0.370 e. The van der Waals surface area contributed by atoms with Crippen LogP contribution in [0.1, 0.15) is 58.6 Å². The molecule has 2 aromatic rings. The molecule has 0 saturated heterocycles. The monoisotopic (exact) mass is 523 g/mol. The van der Waals surface area contributed by atoms with Crippen molar-refractivity contribution in [1.82, 2.24) is 0 Å². The molecule has 0 radical (unpaired) electrons. The zero-order valence-electron chi connectivity index (χ0n) is 19.4. The van der Waals surface area contributed by atoms with E-state index in [4.69, 9.17) is 14.2 Å². The fraction of sp³-hybridized carbons (Fsp3) is 0.480. The number of nitrogens with zero attached hydrogens (tertiary/aromatic N) is 1. The zero-order chi connectivity index (χ0) is 21.3. The third kappa shape index (κ3) is 4.93. The Hall–Kier alpha value is -1.76. The first-order valence-electron chi connectivity index (χ1n) is 10.4.